The minimum atomic E-state index is -2.42. The summed E-state index contributed by atoms with van der Waals surface area (Å²) in [5, 5.41) is 0.517. The number of rotatable bonds is 8. The Balaban J connectivity index is 2.61. The third kappa shape index (κ3) is 4.29. The molecule has 0 N–H and O–H groups in total. The van der Waals surface area contributed by atoms with Gasteiger partial charge in [0.2, 0.25) is 8.03 Å². The SMILES string of the molecule is CCO[PH](=O)c1ccccc1C(=O)c1c(CC)cc(CC)cc1CC. The fourth-order valence-corrected chi connectivity index (χ4v) is 4.16. The summed E-state index contributed by atoms with van der Waals surface area (Å²) in [5.74, 6) is -0.0509. The van der Waals surface area contributed by atoms with Crippen LogP contribution in [0.5, 0.6) is 0 Å². The lowest BCUT2D eigenvalue weighted by atomic mass is 9.89. The predicted octanol–water partition coefficient (Wildman–Crippen LogP) is 4.74. The van der Waals surface area contributed by atoms with Crippen LogP contribution in [0.25, 0.3) is 0 Å². The molecule has 4 heteroatoms. The van der Waals surface area contributed by atoms with Crippen molar-refractivity contribution in [3.8, 4) is 0 Å². The van der Waals surface area contributed by atoms with E-state index in [1.165, 1.54) is 5.56 Å². The smallest absolute Gasteiger partial charge is 0.221 e. The topological polar surface area (TPSA) is 43.4 Å². The fourth-order valence-electron chi connectivity index (χ4n) is 3.10. The van der Waals surface area contributed by atoms with Crippen molar-refractivity contribution >= 4 is 19.1 Å². The van der Waals surface area contributed by atoms with E-state index in [-0.39, 0.29) is 5.78 Å². The molecule has 0 fully saturated rings. The van der Waals surface area contributed by atoms with Gasteiger partial charge < -0.3 is 4.52 Å². The molecule has 3 nitrogen and oxygen atoms in total. The van der Waals surface area contributed by atoms with Crippen LogP contribution in [-0.4, -0.2) is 12.4 Å². The van der Waals surface area contributed by atoms with E-state index in [9.17, 15) is 9.36 Å². The molecule has 2 aromatic carbocycles. The normalized spacial score (nSPS) is 12.2. The van der Waals surface area contributed by atoms with Gasteiger partial charge in [-0.2, -0.15) is 0 Å². The van der Waals surface area contributed by atoms with E-state index < -0.39 is 8.03 Å². The zero-order valence-corrected chi connectivity index (χ0v) is 16.5. The first-order valence-electron chi connectivity index (χ1n) is 9.02. The van der Waals surface area contributed by atoms with E-state index in [1.807, 2.05) is 6.07 Å². The molecule has 1 atom stereocenters. The number of ketones is 1. The van der Waals surface area contributed by atoms with Crippen molar-refractivity contribution in [2.75, 3.05) is 6.61 Å². The summed E-state index contributed by atoms with van der Waals surface area (Å²) in [7, 11) is -2.42. The maximum absolute atomic E-state index is 13.4. The van der Waals surface area contributed by atoms with E-state index in [0.717, 1.165) is 36.0 Å². The largest absolute Gasteiger partial charge is 0.328 e. The molecule has 134 valence electrons. The maximum atomic E-state index is 13.4. The van der Waals surface area contributed by atoms with Crippen LogP contribution in [0, 0.1) is 0 Å². The molecule has 0 aromatic heterocycles. The lowest BCUT2D eigenvalue weighted by Crippen LogP contribution is -2.17. The Labute approximate surface area is 151 Å². The van der Waals surface area contributed by atoms with Gasteiger partial charge in [0, 0.05) is 16.4 Å². The molecule has 0 aliphatic rings. The van der Waals surface area contributed by atoms with Gasteiger partial charge >= 0.3 is 0 Å². The Kier molecular flexibility index (Phi) is 7.16. The molecule has 0 aliphatic heterocycles. The molecule has 0 radical (unpaired) electrons. The molecule has 0 saturated carbocycles. The van der Waals surface area contributed by atoms with Crippen molar-refractivity contribution in [3.63, 3.8) is 0 Å². The van der Waals surface area contributed by atoms with Gasteiger partial charge in [0.25, 0.3) is 0 Å². The van der Waals surface area contributed by atoms with Gasteiger partial charge in [-0.25, -0.2) is 0 Å². The lowest BCUT2D eigenvalue weighted by Gasteiger charge is -2.16. The predicted molar refractivity (Wildman–Crippen MR) is 105 cm³/mol. The third-order valence-electron chi connectivity index (χ3n) is 4.43. The first-order chi connectivity index (χ1) is 12.1. The molecular formula is C21H27O3P. The molecule has 0 spiro atoms. The lowest BCUT2D eigenvalue weighted by molar-refractivity contribution is 0.103. The van der Waals surface area contributed by atoms with E-state index in [2.05, 4.69) is 32.9 Å². The summed E-state index contributed by atoms with van der Waals surface area (Å²) in [6.07, 6.45) is 2.54. The molecule has 25 heavy (non-hydrogen) atoms. The van der Waals surface area contributed by atoms with Gasteiger partial charge in [-0.1, -0.05) is 51.1 Å². The summed E-state index contributed by atoms with van der Waals surface area (Å²) in [6.45, 7) is 8.44. The van der Waals surface area contributed by atoms with Gasteiger partial charge in [-0.3, -0.25) is 9.36 Å². The van der Waals surface area contributed by atoms with Crippen LogP contribution in [0.3, 0.4) is 0 Å². The molecule has 0 saturated heterocycles. The molecule has 0 aliphatic carbocycles. The molecule has 0 bridgehead atoms. The van der Waals surface area contributed by atoms with Gasteiger partial charge in [0.05, 0.1) is 6.61 Å². The summed E-state index contributed by atoms with van der Waals surface area (Å²) in [4.78, 5) is 13.4. The number of carbonyl (C=O) groups excluding carboxylic acids is 1. The summed E-state index contributed by atoms with van der Waals surface area (Å²) < 4.78 is 17.7. The number of benzene rings is 2. The highest BCUT2D eigenvalue weighted by Crippen LogP contribution is 2.27. The Hall–Kier alpha value is -1.70. The van der Waals surface area contributed by atoms with Gasteiger partial charge in [0.15, 0.2) is 5.78 Å². The van der Waals surface area contributed by atoms with Gasteiger partial charge in [0.1, 0.15) is 0 Å². The van der Waals surface area contributed by atoms with Crippen LogP contribution in [0.4, 0.5) is 0 Å². The highest BCUT2D eigenvalue weighted by Gasteiger charge is 2.22. The van der Waals surface area contributed by atoms with Gasteiger partial charge in [-0.05, 0) is 48.9 Å². The monoisotopic (exact) mass is 358 g/mol. The van der Waals surface area contributed by atoms with Crippen molar-refractivity contribution in [1.82, 2.24) is 0 Å². The quantitative estimate of drug-likeness (QED) is 0.506. The number of carbonyl (C=O) groups is 1. The van der Waals surface area contributed by atoms with Crippen molar-refractivity contribution in [2.45, 2.75) is 47.0 Å². The van der Waals surface area contributed by atoms with E-state index in [1.54, 1.807) is 25.1 Å². The zero-order valence-electron chi connectivity index (χ0n) is 15.5. The summed E-state index contributed by atoms with van der Waals surface area (Å²) >= 11 is 0. The maximum Gasteiger partial charge on any atom is 0.221 e. The number of aryl methyl sites for hydroxylation is 3. The van der Waals surface area contributed by atoms with E-state index in [0.29, 0.717) is 17.5 Å². The average Bonchev–Trinajstić information content (AvgIpc) is 2.66. The Morgan fingerprint density at radius 3 is 2.08 bits per heavy atom. The first-order valence-corrected chi connectivity index (χ1v) is 10.3. The standard InChI is InChI=1S/C21H27O3P/c1-5-15-13-16(6-2)20(17(7-3)14-15)21(22)18-11-9-10-12-19(18)25(23)24-8-4/h9-14,25H,5-8H2,1-4H3. The van der Waals surface area contributed by atoms with Crippen LogP contribution >= 0.6 is 8.03 Å². The molecular weight excluding hydrogens is 331 g/mol. The highest BCUT2D eigenvalue weighted by atomic mass is 31.1. The summed E-state index contributed by atoms with van der Waals surface area (Å²) in [5.41, 5.74) is 4.63. The Morgan fingerprint density at radius 2 is 1.56 bits per heavy atom. The minimum Gasteiger partial charge on any atom is -0.328 e. The molecule has 2 aromatic rings. The Morgan fingerprint density at radius 1 is 0.960 bits per heavy atom. The zero-order chi connectivity index (χ0) is 18.4. The van der Waals surface area contributed by atoms with E-state index >= 15 is 0 Å². The highest BCUT2D eigenvalue weighted by molar-refractivity contribution is 7.48. The Bertz CT molecular complexity index is 755. The van der Waals surface area contributed by atoms with E-state index in [4.69, 9.17) is 4.52 Å². The average molecular weight is 358 g/mol. The third-order valence-corrected chi connectivity index (χ3v) is 5.85. The molecule has 0 heterocycles. The first kappa shape index (κ1) is 19.6. The van der Waals surface area contributed by atoms with Gasteiger partial charge in [-0.15, -0.1) is 0 Å². The van der Waals surface area contributed by atoms with Crippen molar-refractivity contribution in [1.29, 1.82) is 0 Å². The van der Waals surface area contributed by atoms with Crippen LogP contribution < -0.4 is 5.30 Å². The second kappa shape index (κ2) is 9.12. The fraction of sp³-hybridized carbons (Fsp3) is 0.381. The number of hydrogen-bond acceptors (Lipinski definition) is 3. The number of hydrogen-bond donors (Lipinski definition) is 0. The molecule has 1 unspecified atom stereocenters. The van der Waals surface area contributed by atoms with Crippen LogP contribution in [0.2, 0.25) is 0 Å². The second-order valence-corrected chi connectivity index (χ2v) is 7.35. The van der Waals surface area contributed by atoms with Crippen LogP contribution in [0.1, 0.15) is 60.3 Å². The van der Waals surface area contributed by atoms with Crippen molar-refractivity contribution in [2.24, 2.45) is 0 Å². The van der Waals surface area contributed by atoms with Crippen LogP contribution in [0.15, 0.2) is 36.4 Å². The van der Waals surface area contributed by atoms with Crippen molar-refractivity contribution in [3.05, 3.63) is 64.2 Å². The molecule has 0 amide bonds. The molecule has 2 rings (SSSR count). The van der Waals surface area contributed by atoms with Crippen molar-refractivity contribution < 1.29 is 13.9 Å². The second-order valence-electron chi connectivity index (χ2n) is 5.94. The summed E-state index contributed by atoms with van der Waals surface area (Å²) in [6, 6.07) is 11.4. The van der Waals surface area contributed by atoms with Crippen LogP contribution in [-0.2, 0) is 28.4 Å². The minimum absolute atomic E-state index is 0.0509.